The van der Waals surface area contributed by atoms with Crippen molar-refractivity contribution in [1.82, 2.24) is 4.98 Å². The van der Waals surface area contributed by atoms with Gasteiger partial charge in [0.15, 0.2) is 0 Å². The predicted molar refractivity (Wildman–Crippen MR) is 88.3 cm³/mol. The molecule has 0 amide bonds. The summed E-state index contributed by atoms with van der Waals surface area (Å²) in [5, 5.41) is 3.94. The van der Waals surface area contributed by atoms with Crippen LogP contribution in [0.4, 0.5) is 21.5 Å². The van der Waals surface area contributed by atoms with Crippen LogP contribution in [-0.4, -0.2) is 4.98 Å². The summed E-state index contributed by atoms with van der Waals surface area (Å²) in [4.78, 5) is 4.39. The Hall–Kier alpha value is -2.14. The number of nitrogen functional groups attached to an aromatic ring is 1. The Labute approximate surface area is 130 Å². The van der Waals surface area contributed by atoms with E-state index < -0.39 is 0 Å². The van der Waals surface area contributed by atoms with E-state index in [1.54, 1.807) is 18.3 Å². The molecule has 1 heterocycles. The molecule has 0 aliphatic rings. The first-order valence-electron chi connectivity index (χ1n) is 6.42. The van der Waals surface area contributed by atoms with Crippen molar-refractivity contribution in [3.8, 4) is 0 Å². The maximum absolute atomic E-state index is 14.0. The molecule has 0 fully saturated rings. The number of rotatable bonds is 2. The minimum atomic E-state index is -0.294. The van der Waals surface area contributed by atoms with Gasteiger partial charge in [0.2, 0.25) is 0 Å². The Morgan fingerprint density at radius 2 is 2.05 bits per heavy atom. The molecule has 3 rings (SSSR count). The van der Waals surface area contributed by atoms with Gasteiger partial charge in [0, 0.05) is 21.7 Å². The van der Waals surface area contributed by atoms with E-state index in [9.17, 15) is 4.39 Å². The zero-order chi connectivity index (χ0) is 15.0. The van der Waals surface area contributed by atoms with Crippen LogP contribution in [0.25, 0.3) is 10.9 Å². The van der Waals surface area contributed by atoms with Gasteiger partial charge in [0.1, 0.15) is 5.82 Å². The maximum Gasteiger partial charge on any atom is 0.146 e. The number of aryl methyl sites for hydroxylation is 1. The lowest BCUT2D eigenvalue weighted by Crippen LogP contribution is -1.99. The molecular weight excluding hydrogens is 333 g/mol. The molecule has 0 radical (unpaired) electrons. The molecule has 1 aromatic heterocycles. The first-order chi connectivity index (χ1) is 10.1. The number of anilines is 3. The summed E-state index contributed by atoms with van der Waals surface area (Å²) in [6, 6.07) is 10.5. The first kappa shape index (κ1) is 13.8. The monoisotopic (exact) mass is 345 g/mol. The molecule has 0 atom stereocenters. The number of aromatic nitrogens is 1. The molecule has 3 aromatic rings. The van der Waals surface area contributed by atoms with Gasteiger partial charge in [-0.2, -0.15) is 0 Å². The molecule has 3 nitrogen and oxygen atoms in total. The third-order valence-corrected chi connectivity index (χ3v) is 3.77. The highest BCUT2D eigenvalue weighted by Crippen LogP contribution is 2.32. The Balaban J connectivity index is 2.16. The fraction of sp³-hybridized carbons (Fsp3) is 0.0625. The van der Waals surface area contributed by atoms with E-state index in [4.69, 9.17) is 5.73 Å². The number of hydrogen-bond donors (Lipinski definition) is 2. The van der Waals surface area contributed by atoms with Gasteiger partial charge in [-0.3, -0.25) is 4.98 Å². The highest BCUT2D eigenvalue weighted by molar-refractivity contribution is 9.10. The third kappa shape index (κ3) is 2.56. The second kappa shape index (κ2) is 5.33. The molecule has 0 aliphatic carbocycles. The zero-order valence-corrected chi connectivity index (χ0v) is 12.9. The van der Waals surface area contributed by atoms with Crippen LogP contribution in [0.15, 0.2) is 47.1 Å². The Morgan fingerprint density at radius 1 is 1.24 bits per heavy atom. The number of pyridine rings is 1. The lowest BCUT2D eigenvalue weighted by atomic mass is 10.1. The van der Waals surface area contributed by atoms with Crippen LogP contribution in [0, 0.1) is 12.7 Å². The number of benzene rings is 2. The van der Waals surface area contributed by atoms with Crippen molar-refractivity contribution < 1.29 is 4.39 Å². The second-order valence-corrected chi connectivity index (χ2v) is 5.72. The van der Waals surface area contributed by atoms with Crippen molar-refractivity contribution in [3.63, 3.8) is 0 Å². The Morgan fingerprint density at radius 3 is 2.81 bits per heavy atom. The average molecular weight is 346 g/mol. The largest absolute Gasteiger partial charge is 0.398 e. The van der Waals surface area contributed by atoms with Gasteiger partial charge in [-0.15, -0.1) is 0 Å². The highest BCUT2D eigenvalue weighted by Gasteiger charge is 2.10. The molecule has 5 heteroatoms. The lowest BCUT2D eigenvalue weighted by Gasteiger charge is -2.13. The van der Waals surface area contributed by atoms with Crippen molar-refractivity contribution in [1.29, 1.82) is 0 Å². The molecule has 0 saturated carbocycles. The normalized spacial score (nSPS) is 10.8. The van der Waals surface area contributed by atoms with E-state index in [1.807, 2.05) is 25.1 Å². The number of para-hydroxylation sites is 1. The van der Waals surface area contributed by atoms with E-state index in [1.165, 1.54) is 6.07 Å². The van der Waals surface area contributed by atoms with Crippen LogP contribution >= 0.6 is 15.9 Å². The second-order valence-electron chi connectivity index (χ2n) is 4.81. The zero-order valence-electron chi connectivity index (χ0n) is 11.3. The summed E-state index contributed by atoms with van der Waals surface area (Å²) in [6.07, 6.45) is 1.70. The molecule has 21 heavy (non-hydrogen) atoms. The fourth-order valence-electron chi connectivity index (χ4n) is 2.24. The molecule has 106 valence electrons. The van der Waals surface area contributed by atoms with Crippen LogP contribution < -0.4 is 11.1 Å². The number of nitrogens with two attached hydrogens (primary N) is 1. The van der Waals surface area contributed by atoms with Crippen molar-refractivity contribution >= 4 is 43.9 Å². The number of fused-ring (bicyclic) bond motifs is 1. The number of hydrogen-bond acceptors (Lipinski definition) is 3. The number of nitrogens with one attached hydrogen (secondary N) is 1. The SMILES string of the molecule is Cc1cccc(F)c1Nc1ccc(N)c2cc(Br)cnc12. The minimum absolute atomic E-state index is 0.294. The standard InChI is InChI=1S/C16H13BrFN3/c1-9-3-2-4-12(18)15(9)21-14-6-5-13(19)11-7-10(17)8-20-16(11)14/h2-8,21H,19H2,1H3. The predicted octanol–water partition coefficient (Wildman–Crippen LogP) is 4.77. The fourth-order valence-corrected chi connectivity index (χ4v) is 2.57. The summed E-state index contributed by atoms with van der Waals surface area (Å²) < 4.78 is 14.8. The van der Waals surface area contributed by atoms with Gasteiger partial charge in [-0.25, -0.2) is 4.39 Å². The first-order valence-corrected chi connectivity index (χ1v) is 7.21. The van der Waals surface area contributed by atoms with Crippen molar-refractivity contribution in [2.75, 3.05) is 11.1 Å². The van der Waals surface area contributed by atoms with Crippen LogP contribution in [0.1, 0.15) is 5.56 Å². The summed E-state index contributed by atoms with van der Waals surface area (Å²) in [5.74, 6) is -0.294. The van der Waals surface area contributed by atoms with E-state index in [2.05, 4.69) is 26.2 Å². The van der Waals surface area contributed by atoms with E-state index in [-0.39, 0.29) is 5.82 Å². The molecule has 0 spiro atoms. The smallest absolute Gasteiger partial charge is 0.146 e. The summed E-state index contributed by atoms with van der Waals surface area (Å²) in [6.45, 7) is 1.86. The quantitative estimate of drug-likeness (QED) is 0.657. The van der Waals surface area contributed by atoms with Crippen LogP contribution in [-0.2, 0) is 0 Å². The van der Waals surface area contributed by atoms with Crippen LogP contribution in [0.3, 0.4) is 0 Å². The molecule has 0 saturated heterocycles. The van der Waals surface area contributed by atoms with Gasteiger partial charge >= 0.3 is 0 Å². The van der Waals surface area contributed by atoms with Gasteiger partial charge in [0.25, 0.3) is 0 Å². The van der Waals surface area contributed by atoms with Crippen molar-refractivity contribution in [3.05, 3.63) is 58.4 Å². The van der Waals surface area contributed by atoms with Gasteiger partial charge in [0.05, 0.1) is 16.9 Å². The Kier molecular flexibility index (Phi) is 3.51. The van der Waals surface area contributed by atoms with Gasteiger partial charge in [-0.1, -0.05) is 12.1 Å². The maximum atomic E-state index is 14.0. The summed E-state index contributed by atoms with van der Waals surface area (Å²) in [7, 11) is 0. The highest BCUT2D eigenvalue weighted by atomic mass is 79.9. The van der Waals surface area contributed by atoms with Crippen LogP contribution in [0.2, 0.25) is 0 Å². The van der Waals surface area contributed by atoms with Crippen molar-refractivity contribution in [2.24, 2.45) is 0 Å². The van der Waals surface area contributed by atoms with Crippen molar-refractivity contribution in [2.45, 2.75) is 6.92 Å². The summed E-state index contributed by atoms with van der Waals surface area (Å²) in [5.41, 5.74) is 9.33. The summed E-state index contributed by atoms with van der Waals surface area (Å²) >= 11 is 3.38. The number of halogens is 2. The van der Waals surface area contributed by atoms with Crippen LogP contribution in [0.5, 0.6) is 0 Å². The molecule has 3 N–H and O–H groups in total. The molecule has 2 aromatic carbocycles. The number of nitrogens with zero attached hydrogens (tertiary/aromatic N) is 1. The van der Waals surface area contributed by atoms with E-state index in [0.717, 1.165) is 21.1 Å². The van der Waals surface area contributed by atoms with Gasteiger partial charge in [-0.05, 0) is 52.7 Å². The van der Waals surface area contributed by atoms with Gasteiger partial charge < -0.3 is 11.1 Å². The van der Waals surface area contributed by atoms with E-state index in [0.29, 0.717) is 16.9 Å². The molecule has 0 bridgehead atoms. The molecular formula is C16H13BrFN3. The average Bonchev–Trinajstić information content (AvgIpc) is 2.45. The third-order valence-electron chi connectivity index (χ3n) is 3.33. The Bertz CT molecular complexity index is 813. The molecule has 0 aliphatic heterocycles. The van der Waals surface area contributed by atoms with E-state index >= 15 is 0 Å². The lowest BCUT2D eigenvalue weighted by molar-refractivity contribution is 0.631. The molecule has 0 unspecified atom stereocenters. The topological polar surface area (TPSA) is 50.9 Å². The minimum Gasteiger partial charge on any atom is -0.398 e.